The van der Waals surface area contributed by atoms with Crippen molar-refractivity contribution in [1.29, 1.82) is 0 Å². The second-order valence-electron chi connectivity index (χ2n) is 4.64. The number of hydrogen-bond donors (Lipinski definition) is 0. The lowest BCUT2D eigenvalue weighted by atomic mass is 10.1. The Morgan fingerprint density at radius 2 is 1.55 bits per heavy atom. The zero-order valence-corrected chi connectivity index (χ0v) is 11.6. The number of carbonyl (C=O) groups excluding carboxylic acids is 2. The van der Waals surface area contributed by atoms with Crippen molar-refractivity contribution in [2.75, 3.05) is 11.5 Å². The van der Waals surface area contributed by atoms with Crippen molar-refractivity contribution in [3.05, 3.63) is 59.2 Å². The van der Waals surface area contributed by atoms with Crippen molar-refractivity contribution < 1.29 is 23.1 Å². The monoisotopic (exact) mass is 303 g/mol. The van der Waals surface area contributed by atoms with Gasteiger partial charge < -0.3 is 4.74 Å². The summed E-state index contributed by atoms with van der Waals surface area (Å²) >= 11 is 0. The van der Waals surface area contributed by atoms with E-state index in [4.69, 9.17) is 4.74 Å². The summed E-state index contributed by atoms with van der Waals surface area (Å²) in [5, 5.41) is 0. The Labute approximate surface area is 124 Å². The van der Waals surface area contributed by atoms with Gasteiger partial charge in [-0.3, -0.25) is 9.59 Å². The molecule has 0 aromatic heterocycles. The summed E-state index contributed by atoms with van der Waals surface area (Å²) in [4.78, 5) is 25.2. The van der Waals surface area contributed by atoms with E-state index in [0.717, 1.165) is 6.07 Å². The number of carbonyl (C=O) groups is 2. The highest BCUT2D eigenvalue weighted by molar-refractivity contribution is 6.34. The van der Waals surface area contributed by atoms with Gasteiger partial charge in [-0.05, 0) is 31.2 Å². The molecule has 0 bridgehead atoms. The number of fused-ring (bicyclic) bond motifs is 1. The first-order chi connectivity index (χ1) is 10.6. The third-order valence-corrected chi connectivity index (χ3v) is 3.36. The van der Waals surface area contributed by atoms with Gasteiger partial charge in [0.25, 0.3) is 11.8 Å². The van der Waals surface area contributed by atoms with Gasteiger partial charge in [-0.15, -0.1) is 0 Å². The average Bonchev–Trinajstić information content (AvgIpc) is 2.77. The van der Waals surface area contributed by atoms with Crippen LogP contribution < -0.4 is 9.64 Å². The molecule has 0 aliphatic carbocycles. The number of imide groups is 1. The van der Waals surface area contributed by atoms with Crippen molar-refractivity contribution >= 4 is 17.5 Å². The van der Waals surface area contributed by atoms with E-state index >= 15 is 0 Å². The highest BCUT2D eigenvalue weighted by Crippen LogP contribution is 2.33. The number of halogens is 2. The van der Waals surface area contributed by atoms with Crippen LogP contribution >= 0.6 is 0 Å². The van der Waals surface area contributed by atoms with Crippen LogP contribution in [0, 0.1) is 11.6 Å². The van der Waals surface area contributed by atoms with E-state index < -0.39 is 29.1 Å². The van der Waals surface area contributed by atoms with Gasteiger partial charge in [0.15, 0.2) is 11.6 Å². The second-order valence-corrected chi connectivity index (χ2v) is 4.64. The fraction of sp³-hybridized carbons (Fsp3) is 0.125. The predicted octanol–water partition coefficient (Wildman–Crippen LogP) is 3.16. The molecule has 0 unspecified atom stereocenters. The van der Waals surface area contributed by atoms with Gasteiger partial charge in [0, 0.05) is 0 Å². The summed E-state index contributed by atoms with van der Waals surface area (Å²) in [5.74, 6) is -4.14. The number of amides is 2. The van der Waals surface area contributed by atoms with Crippen LogP contribution in [-0.4, -0.2) is 18.4 Å². The molecular weight excluding hydrogens is 292 g/mol. The van der Waals surface area contributed by atoms with E-state index in [0.29, 0.717) is 4.90 Å². The Kier molecular flexibility index (Phi) is 3.36. The Bertz CT molecular complexity index is 754. The number of ether oxygens (including phenoxy) is 1. The maximum atomic E-state index is 14.2. The van der Waals surface area contributed by atoms with Gasteiger partial charge in [-0.2, -0.15) is 4.39 Å². The van der Waals surface area contributed by atoms with Gasteiger partial charge in [0.1, 0.15) is 0 Å². The minimum Gasteiger partial charge on any atom is -0.491 e. The maximum Gasteiger partial charge on any atom is 0.266 e. The highest BCUT2D eigenvalue weighted by Gasteiger charge is 2.38. The molecule has 0 N–H and O–H groups in total. The van der Waals surface area contributed by atoms with E-state index in [1.165, 1.54) is 18.2 Å². The SMILES string of the molecule is CCOc1ccc(N2C(=O)c3ccccc3C2=O)c(F)c1F. The van der Waals surface area contributed by atoms with Crippen molar-refractivity contribution in [2.24, 2.45) is 0 Å². The molecule has 2 aromatic rings. The molecule has 0 saturated carbocycles. The van der Waals surface area contributed by atoms with Crippen LogP contribution in [0.15, 0.2) is 36.4 Å². The summed E-state index contributed by atoms with van der Waals surface area (Å²) in [5.41, 5.74) is -0.0884. The minimum atomic E-state index is -1.29. The summed E-state index contributed by atoms with van der Waals surface area (Å²) in [7, 11) is 0. The number of benzene rings is 2. The molecule has 3 rings (SSSR count). The van der Waals surface area contributed by atoms with Crippen LogP contribution in [0.5, 0.6) is 5.75 Å². The summed E-state index contributed by atoms with van der Waals surface area (Å²) < 4.78 is 33.1. The molecule has 0 saturated heterocycles. The second kappa shape index (κ2) is 5.22. The quantitative estimate of drug-likeness (QED) is 0.818. The van der Waals surface area contributed by atoms with Gasteiger partial charge >= 0.3 is 0 Å². The summed E-state index contributed by atoms with van der Waals surface area (Å²) in [6.45, 7) is 1.80. The standard InChI is InChI=1S/C16H11F2NO3/c1-2-22-12-8-7-11(13(17)14(12)18)19-15(20)9-5-3-4-6-10(9)16(19)21/h3-8H,2H2,1H3. The highest BCUT2D eigenvalue weighted by atomic mass is 19.2. The average molecular weight is 303 g/mol. The first-order valence-corrected chi connectivity index (χ1v) is 6.64. The lowest BCUT2D eigenvalue weighted by Gasteiger charge is -2.16. The molecule has 22 heavy (non-hydrogen) atoms. The molecule has 2 aromatic carbocycles. The van der Waals surface area contributed by atoms with Crippen LogP contribution in [0.25, 0.3) is 0 Å². The number of hydrogen-bond acceptors (Lipinski definition) is 3. The van der Waals surface area contributed by atoms with Crippen LogP contribution in [-0.2, 0) is 0 Å². The predicted molar refractivity (Wildman–Crippen MR) is 75.1 cm³/mol. The van der Waals surface area contributed by atoms with Gasteiger partial charge in [-0.1, -0.05) is 12.1 Å². The van der Waals surface area contributed by atoms with E-state index in [2.05, 4.69) is 0 Å². The Morgan fingerprint density at radius 1 is 0.955 bits per heavy atom. The van der Waals surface area contributed by atoms with Crippen LogP contribution in [0.3, 0.4) is 0 Å². The minimum absolute atomic E-state index is 0.168. The number of nitrogens with zero attached hydrogens (tertiary/aromatic N) is 1. The molecule has 1 heterocycles. The first kappa shape index (κ1) is 14.2. The molecular formula is C16H11F2NO3. The molecule has 0 spiro atoms. The molecule has 0 radical (unpaired) electrons. The summed E-state index contributed by atoms with van der Waals surface area (Å²) in [6.07, 6.45) is 0. The molecule has 0 atom stereocenters. The Morgan fingerprint density at radius 3 is 2.09 bits per heavy atom. The molecule has 0 fully saturated rings. The molecule has 6 heteroatoms. The van der Waals surface area contributed by atoms with Crippen molar-refractivity contribution in [3.63, 3.8) is 0 Å². The lowest BCUT2D eigenvalue weighted by Crippen LogP contribution is -2.30. The maximum absolute atomic E-state index is 14.2. The fourth-order valence-electron chi connectivity index (χ4n) is 2.37. The Balaban J connectivity index is 2.09. The topological polar surface area (TPSA) is 46.6 Å². The van der Waals surface area contributed by atoms with Crippen molar-refractivity contribution in [3.8, 4) is 5.75 Å². The lowest BCUT2D eigenvalue weighted by molar-refractivity contribution is 0.0924. The summed E-state index contributed by atoms with van der Waals surface area (Å²) in [6, 6.07) is 8.49. The molecule has 112 valence electrons. The normalized spacial score (nSPS) is 13.5. The first-order valence-electron chi connectivity index (χ1n) is 6.64. The van der Waals surface area contributed by atoms with Gasteiger partial charge in [-0.25, -0.2) is 9.29 Å². The zero-order valence-electron chi connectivity index (χ0n) is 11.6. The van der Waals surface area contributed by atoms with Crippen LogP contribution in [0.1, 0.15) is 27.6 Å². The molecule has 2 amide bonds. The number of rotatable bonds is 3. The third kappa shape index (κ3) is 1.95. The van der Waals surface area contributed by atoms with Crippen molar-refractivity contribution in [2.45, 2.75) is 6.92 Å². The van der Waals surface area contributed by atoms with Crippen molar-refractivity contribution in [1.82, 2.24) is 0 Å². The number of anilines is 1. The van der Waals surface area contributed by atoms with Crippen LogP contribution in [0.2, 0.25) is 0 Å². The van der Waals surface area contributed by atoms with E-state index in [1.807, 2.05) is 0 Å². The third-order valence-electron chi connectivity index (χ3n) is 3.36. The molecule has 1 aliphatic heterocycles. The fourth-order valence-corrected chi connectivity index (χ4v) is 2.37. The van der Waals surface area contributed by atoms with E-state index in [1.54, 1.807) is 19.1 Å². The largest absolute Gasteiger partial charge is 0.491 e. The van der Waals surface area contributed by atoms with Gasteiger partial charge in [0.05, 0.1) is 23.4 Å². The van der Waals surface area contributed by atoms with E-state index in [-0.39, 0.29) is 23.5 Å². The van der Waals surface area contributed by atoms with Crippen LogP contribution in [0.4, 0.5) is 14.5 Å². The smallest absolute Gasteiger partial charge is 0.266 e. The van der Waals surface area contributed by atoms with Gasteiger partial charge in [0.2, 0.25) is 5.82 Å². The van der Waals surface area contributed by atoms with E-state index in [9.17, 15) is 18.4 Å². The molecule has 1 aliphatic rings. The zero-order chi connectivity index (χ0) is 15.9. The molecule has 4 nitrogen and oxygen atoms in total. The Hall–Kier alpha value is -2.76.